The second-order valence-electron chi connectivity index (χ2n) is 5.12. The van der Waals surface area contributed by atoms with Gasteiger partial charge in [0.15, 0.2) is 0 Å². The number of nitrogens with two attached hydrogens (primary N) is 1. The first kappa shape index (κ1) is 13.9. The molecule has 2 aromatic heterocycles. The molecule has 3 rings (SSSR count). The summed E-state index contributed by atoms with van der Waals surface area (Å²) in [5, 5.41) is 5.09. The Kier molecular flexibility index (Phi) is 4.06. The number of hydrogen-bond acceptors (Lipinski definition) is 5. The van der Waals surface area contributed by atoms with Gasteiger partial charge in [0.1, 0.15) is 5.82 Å². The lowest BCUT2D eigenvalue weighted by Crippen LogP contribution is -2.18. The van der Waals surface area contributed by atoms with Gasteiger partial charge in [0.25, 0.3) is 0 Å². The lowest BCUT2D eigenvalue weighted by atomic mass is 10.3. The van der Waals surface area contributed by atoms with Gasteiger partial charge in [0.2, 0.25) is 5.91 Å². The summed E-state index contributed by atoms with van der Waals surface area (Å²) in [5.41, 5.74) is 6.79. The molecule has 0 spiro atoms. The molecule has 3 heterocycles. The Morgan fingerprint density at radius 2 is 2.19 bits per heavy atom. The predicted molar refractivity (Wildman–Crippen MR) is 85.8 cm³/mol. The molecular formula is C15H18N4OS. The van der Waals surface area contributed by atoms with Crippen LogP contribution < -0.4 is 16.0 Å². The Morgan fingerprint density at radius 1 is 1.38 bits per heavy atom. The van der Waals surface area contributed by atoms with Crippen molar-refractivity contribution < 1.29 is 4.79 Å². The smallest absolute Gasteiger partial charge is 0.249 e. The molecule has 0 aliphatic carbocycles. The number of anilines is 2. The van der Waals surface area contributed by atoms with Crippen LogP contribution in [0.1, 0.15) is 28.1 Å². The molecular weight excluding hydrogens is 284 g/mol. The number of carbonyl (C=O) groups is 1. The molecule has 3 N–H and O–H groups in total. The van der Waals surface area contributed by atoms with E-state index in [0.29, 0.717) is 12.1 Å². The Labute approximate surface area is 127 Å². The molecule has 0 bridgehead atoms. The number of primary amides is 1. The topological polar surface area (TPSA) is 71.2 Å². The van der Waals surface area contributed by atoms with E-state index in [1.54, 1.807) is 5.38 Å². The molecule has 110 valence electrons. The van der Waals surface area contributed by atoms with Crippen LogP contribution in [0, 0.1) is 0 Å². The first-order valence-corrected chi connectivity index (χ1v) is 7.92. The number of thiophene rings is 1. The molecule has 0 saturated carbocycles. The van der Waals surface area contributed by atoms with E-state index in [-0.39, 0.29) is 5.91 Å². The van der Waals surface area contributed by atoms with E-state index < -0.39 is 0 Å². The minimum atomic E-state index is -0.380. The highest BCUT2D eigenvalue weighted by Crippen LogP contribution is 2.20. The average molecular weight is 302 g/mol. The number of hydrogen-bond donors (Lipinski definition) is 2. The molecule has 1 aliphatic rings. The number of amides is 1. The van der Waals surface area contributed by atoms with E-state index in [2.05, 4.69) is 21.3 Å². The summed E-state index contributed by atoms with van der Waals surface area (Å²) >= 11 is 1.53. The van der Waals surface area contributed by atoms with E-state index in [1.165, 1.54) is 24.2 Å². The summed E-state index contributed by atoms with van der Waals surface area (Å²) < 4.78 is 0. The molecule has 6 heteroatoms. The molecule has 1 fully saturated rings. The molecule has 0 atom stereocenters. The van der Waals surface area contributed by atoms with E-state index in [1.807, 2.05) is 18.3 Å². The molecule has 1 saturated heterocycles. The van der Waals surface area contributed by atoms with Gasteiger partial charge in [-0.1, -0.05) is 0 Å². The average Bonchev–Trinajstić information content (AvgIpc) is 3.17. The Hall–Kier alpha value is -2.08. The van der Waals surface area contributed by atoms with E-state index in [4.69, 9.17) is 5.73 Å². The molecule has 0 radical (unpaired) electrons. The third kappa shape index (κ3) is 3.33. The maximum atomic E-state index is 11.0. The maximum absolute atomic E-state index is 11.0. The zero-order valence-corrected chi connectivity index (χ0v) is 12.5. The van der Waals surface area contributed by atoms with Crippen molar-refractivity contribution in [1.82, 2.24) is 4.98 Å². The molecule has 0 aromatic carbocycles. The van der Waals surface area contributed by atoms with Crippen molar-refractivity contribution in [1.29, 1.82) is 0 Å². The van der Waals surface area contributed by atoms with Gasteiger partial charge >= 0.3 is 0 Å². The second-order valence-corrected chi connectivity index (χ2v) is 6.11. The van der Waals surface area contributed by atoms with E-state index in [9.17, 15) is 4.79 Å². The van der Waals surface area contributed by atoms with Crippen LogP contribution in [0.3, 0.4) is 0 Å². The number of rotatable bonds is 5. The SMILES string of the molecule is NC(=O)c1csc(CNc2ccc(N3CCCC3)nc2)c1. The first-order chi connectivity index (χ1) is 10.2. The number of aromatic nitrogens is 1. The van der Waals surface area contributed by atoms with Crippen LogP contribution in [0.5, 0.6) is 0 Å². The second kappa shape index (κ2) is 6.13. The van der Waals surface area contributed by atoms with Crippen LogP contribution in [0.15, 0.2) is 29.8 Å². The Bertz CT molecular complexity index is 617. The minimum absolute atomic E-state index is 0.380. The third-order valence-electron chi connectivity index (χ3n) is 3.58. The van der Waals surface area contributed by atoms with E-state index >= 15 is 0 Å². The van der Waals surface area contributed by atoms with Crippen LogP contribution >= 0.6 is 11.3 Å². The van der Waals surface area contributed by atoms with E-state index in [0.717, 1.165) is 29.5 Å². The molecule has 1 aliphatic heterocycles. The highest BCUT2D eigenvalue weighted by Gasteiger charge is 2.12. The monoisotopic (exact) mass is 302 g/mol. The van der Waals surface area contributed by atoms with Crippen LogP contribution in [0.2, 0.25) is 0 Å². The normalized spacial score (nSPS) is 14.4. The summed E-state index contributed by atoms with van der Waals surface area (Å²) in [6, 6.07) is 5.92. The molecule has 1 amide bonds. The quantitative estimate of drug-likeness (QED) is 0.890. The van der Waals surface area contributed by atoms with Crippen molar-refractivity contribution in [3.8, 4) is 0 Å². The van der Waals surface area contributed by atoms with Gasteiger partial charge in [-0.05, 0) is 31.0 Å². The fourth-order valence-corrected chi connectivity index (χ4v) is 3.23. The van der Waals surface area contributed by atoms with Gasteiger partial charge < -0.3 is 16.0 Å². The van der Waals surface area contributed by atoms with Crippen molar-refractivity contribution in [2.45, 2.75) is 19.4 Å². The summed E-state index contributed by atoms with van der Waals surface area (Å²) in [6.45, 7) is 2.87. The number of nitrogens with one attached hydrogen (secondary N) is 1. The third-order valence-corrected chi connectivity index (χ3v) is 4.52. The fraction of sp³-hybridized carbons (Fsp3) is 0.333. The van der Waals surface area contributed by atoms with Gasteiger partial charge in [0.05, 0.1) is 17.4 Å². The van der Waals surface area contributed by atoms with Crippen molar-refractivity contribution in [2.24, 2.45) is 5.73 Å². The zero-order chi connectivity index (χ0) is 14.7. The van der Waals surface area contributed by atoms with Crippen LogP contribution in [0.25, 0.3) is 0 Å². The summed E-state index contributed by atoms with van der Waals surface area (Å²) in [4.78, 5) is 18.9. The van der Waals surface area contributed by atoms with Gasteiger partial charge in [-0.25, -0.2) is 4.98 Å². The van der Waals surface area contributed by atoms with Gasteiger partial charge in [-0.3, -0.25) is 4.79 Å². The minimum Gasteiger partial charge on any atom is -0.379 e. The molecule has 21 heavy (non-hydrogen) atoms. The maximum Gasteiger partial charge on any atom is 0.249 e. The number of pyridine rings is 1. The predicted octanol–water partition coefficient (Wildman–Crippen LogP) is 2.45. The van der Waals surface area contributed by atoms with Crippen molar-refractivity contribution >= 4 is 28.7 Å². The summed E-state index contributed by atoms with van der Waals surface area (Å²) in [5.74, 6) is 0.666. The van der Waals surface area contributed by atoms with Crippen LogP contribution in [-0.4, -0.2) is 24.0 Å². The zero-order valence-electron chi connectivity index (χ0n) is 11.7. The van der Waals surface area contributed by atoms with Crippen molar-refractivity contribution in [2.75, 3.05) is 23.3 Å². The standard InChI is InChI=1S/C15H18N4OS/c16-15(20)11-7-13(21-10-11)9-17-12-3-4-14(18-8-12)19-5-1-2-6-19/h3-4,7-8,10,17H,1-2,5-6,9H2,(H2,16,20). The van der Waals surface area contributed by atoms with Gasteiger partial charge in [0, 0.05) is 29.9 Å². The van der Waals surface area contributed by atoms with Crippen molar-refractivity contribution in [3.05, 3.63) is 40.2 Å². The Balaban J connectivity index is 1.58. The van der Waals surface area contributed by atoms with Gasteiger partial charge in [-0.2, -0.15) is 0 Å². The lowest BCUT2D eigenvalue weighted by molar-refractivity contribution is 0.100. The first-order valence-electron chi connectivity index (χ1n) is 7.04. The highest BCUT2D eigenvalue weighted by molar-refractivity contribution is 7.10. The molecule has 5 nitrogen and oxygen atoms in total. The largest absolute Gasteiger partial charge is 0.379 e. The lowest BCUT2D eigenvalue weighted by Gasteiger charge is -2.16. The van der Waals surface area contributed by atoms with Crippen LogP contribution in [0.4, 0.5) is 11.5 Å². The molecule has 2 aromatic rings. The van der Waals surface area contributed by atoms with Gasteiger partial charge in [-0.15, -0.1) is 11.3 Å². The fourth-order valence-electron chi connectivity index (χ4n) is 2.42. The summed E-state index contributed by atoms with van der Waals surface area (Å²) in [6.07, 6.45) is 4.36. The number of carbonyl (C=O) groups excluding carboxylic acids is 1. The summed E-state index contributed by atoms with van der Waals surface area (Å²) in [7, 11) is 0. The highest BCUT2D eigenvalue weighted by atomic mass is 32.1. The van der Waals surface area contributed by atoms with Crippen LogP contribution in [-0.2, 0) is 6.54 Å². The number of nitrogens with zero attached hydrogens (tertiary/aromatic N) is 2. The molecule has 0 unspecified atom stereocenters. The van der Waals surface area contributed by atoms with Crippen molar-refractivity contribution in [3.63, 3.8) is 0 Å². The Morgan fingerprint density at radius 3 is 2.81 bits per heavy atom.